The summed E-state index contributed by atoms with van der Waals surface area (Å²) in [6.07, 6.45) is 4.74. The zero-order valence-corrected chi connectivity index (χ0v) is 23.8. The Morgan fingerprint density at radius 3 is 2.39 bits per heavy atom. The van der Waals surface area contributed by atoms with E-state index in [0.29, 0.717) is 13.2 Å². The highest BCUT2D eigenvalue weighted by molar-refractivity contribution is 5.63. The quantitative estimate of drug-likeness (QED) is 0.431. The lowest BCUT2D eigenvalue weighted by Gasteiger charge is -2.65. The predicted molar refractivity (Wildman–Crippen MR) is 157 cm³/mol. The Balaban J connectivity index is 1.19. The molecule has 3 aliphatic carbocycles. The normalized spacial score (nSPS) is 32.3. The molecule has 8 rings (SSSR count). The number of β-amino-alcohol motifs (C(OH)–C–C–N with tert-alkyl or cyclic N) is 1. The van der Waals surface area contributed by atoms with Crippen molar-refractivity contribution in [2.24, 2.45) is 0 Å². The summed E-state index contributed by atoms with van der Waals surface area (Å²) in [5.74, 6) is 1.62. The van der Waals surface area contributed by atoms with Gasteiger partial charge in [-0.1, -0.05) is 66.7 Å². The first-order valence-electron chi connectivity index (χ1n) is 15.3. The van der Waals surface area contributed by atoms with E-state index < -0.39 is 16.6 Å². The van der Waals surface area contributed by atoms with Crippen LogP contribution in [-0.2, 0) is 25.0 Å². The Morgan fingerprint density at radius 2 is 1.66 bits per heavy atom. The second kappa shape index (κ2) is 9.30. The summed E-state index contributed by atoms with van der Waals surface area (Å²) < 4.78 is 13.5. The van der Waals surface area contributed by atoms with Gasteiger partial charge in [-0.25, -0.2) is 0 Å². The largest absolute Gasteiger partial charge is 0.485 e. The van der Waals surface area contributed by atoms with Crippen LogP contribution in [0.1, 0.15) is 54.4 Å². The lowest BCUT2D eigenvalue weighted by molar-refractivity contribution is -0.203. The summed E-state index contributed by atoms with van der Waals surface area (Å²) in [6, 6.07) is 25.3. The molecular formula is C35H40N2O4. The molecule has 3 aromatic rings. The van der Waals surface area contributed by atoms with Gasteiger partial charge < -0.3 is 19.7 Å². The zero-order valence-electron chi connectivity index (χ0n) is 23.8. The van der Waals surface area contributed by atoms with Crippen LogP contribution in [0.25, 0.3) is 0 Å². The van der Waals surface area contributed by atoms with Crippen molar-refractivity contribution in [3.63, 3.8) is 0 Å². The van der Waals surface area contributed by atoms with Gasteiger partial charge in [0, 0.05) is 30.7 Å². The van der Waals surface area contributed by atoms with Gasteiger partial charge in [-0.05, 0) is 74.9 Å². The number of rotatable bonds is 8. The van der Waals surface area contributed by atoms with Crippen LogP contribution in [0, 0.1) is 0 Å². The van der Waals surface area contributed by atoms with E-state index in [2.05, 4.69) is 71.4 Å². The van der Waals surface area contributed by atoms with Crippen molar-refractivity contribution in [1.29, 1.82) is 0 Å². The van der Waals surface area contributed by atoms with E-state index in [4.69, 9.17) is 9.47 Å². The topological polar surface area (TPSA) is 65.4 Å². The van der Waals surface area contributed by atoms with Gasteiger partial charge in [0.05, 0.1) is 16.6 Å². The van der Waals surface area contributed by atoms with Crippen LogP contribution in [0.5, 0.6) is 11.5 Å². The first-order valence-corrected chi connectivity index (χ1v) is 15.3. The number of likely N-dealkylation sites (N-methyl/N-ethyl adjacent to an activating group) is 1. The van der Waals surface area contributed by atoms with E-state index in [1.54, 1.807) is 0 Å². The molecule has 214 valence electrons. The maximum Gasteiger partial charge on any atom is 0.166 e. The maximum atomic E-state index is 12.9. The van der Waals surface area contributed by atoms with Crippen molar-refractivity contribution in [3.05, 3.63) is 95.1 Å². The minimum atomic E-state index is -0.915. The van der Waals surface area contributed by atoms with Crippen molar-refractivity contribution in [3.8, 4) is 11.5 Å². The third kappa shape index (κ3) is 3.91. The van der Waals surface area contributed by atoms with Crippen molar-refractivity contribution in [2.75, 3.05) is 20.1 Å². The Labute approximate surface area is 242 Å². The third-order valence-electron chi connectivity index (χ3n) is 10.9. The van der Waals surface area contributed by atoms with Crippen LogP contribution in [0.3, 0.4) is 0 Å². The molecule has 3 aromatic carbocycles. The smallest absolute Gasteiger partial charge is 0.166 e. The lowest BCUT2D eigenvalue weighted by atomic mass is 9.48. The average molecular weight is 553 g/mol. The van der Waals surface area contributed by atoms with Crippen LogP contribution in [0.2, 0.25) is 0 Å². The fourth-order valence-corrected chi connectivity index (χ4v) is 8.75. The minimum Gasteiger partial charge on any atom is -0.485 e. The van der Waals surface area contributed by atoms with Gasteiger partial charge in [0.25, 0.3) is 0 Å². The molecule has 5 aliphatic rings. The Morgan fingerprint density at radius 1 is 0.927 bits per heavy atom. The molecule has 2 saturated carbocycles. The second-order valence-electron chi connectivity index (χ2n) is 13.3. The van der Waals surface area contributed by atoms with E-state index in [-0.39, 0.29) is 18.2 Å². The van der Waals surface area contributed by atoms with E-state index >= 15 is 0 Å². The lowest BCUT2D eigenvalue weighted by Crippen LogP contribution is -2.78. The van der Waals surface area contributed by atoms with E-state index in [0.717, 1.165) is 68.7 Å². The van der Waals surface area contributed by atoms with Gasteiger partial charge in [-0.3, -0.25) is 9.80 Å². The highest BCUT2D eigenvalue weighted by Gasteiger charge is 2.73. The van der Waals surface area contributed by atoms with Gasteiger partial charge in [0.2, 0.25) is 0 Å². The number of likely N-dealkylation sites (tertiary alicyclic amines) is 1. The maximum absolute atomic E-state index is 12.9. The number of benzene rings is 3. The van der Waals surface area contributed by atoms with E-state index in [1.165, 1.54) is 16.7 Å². The second-order valence-corrected chi connectivity index (χ2v) is 13.3. The van der Waals surface area contributed by atoms with Crippen LogP contribution in [0.4, 0.5) is 0 Å². The molecule has 0 radical (unpaired) electrons. The van der Waals surface area contributed by atoms with E-state index in [1.807, 2.05) is 18.2 Å². The highest BCUT2D eigenvalue weighted by Crippen LogP contribution is 2.66. The molecule has 2 aliphatic heterocycles. The number of hydrogen-bond acceptors (Lipinski definition) is 6. The molecule has 5 atom stereocenters. The van der Waals surface area contributed by atoms with Crippen LogP contribution >= 0.6 is 0 Å². The molecule has 2 heterocycles. The molecular weight excluding hydrogens is 512 g/mol. The summed E-state index contributed by atoms with van der Waals surface area (Å²) in [6.45, 7) is 2.82. The molecule has 0 unspecified atom stereocenters. The fraction of sp³-hybridized carbons (Fsp3) is 0.486. The third-order valence-corrected chi connectivity index (χ3v) is 10.9. The summed E-state index contributed by atoms with van der Waals surface area (Å²) >= 11 is 0. The predicted octanol–water partition coefficient (Wildman–Crippen LogP) is 4.45. The molecule has 1 saturated heterocycles. The highest BCUT2D eigenvalue weighted by atomic mass is 16.5. The molecule has 41 heavy (non-hydrogen) atoms. The number of piperidine rings is 1. The SMILES string of the molecule is CN(Cc1ccccc1)[C@@H]1CC[C@@]2(O)[C@@H]3Cc4ccc(OCc5ccccc5)c5c4[C@@]2(CCN3CC2(O)CC2)[C@H]1O5. The van der Waals surface area contributed by atoms with Gasteiger partial charge in [0.15, 0.2) is 11.5 Å². The molecule has 3 fully saturated rings. The number of ether oxygens (including phenoxy) is 2. The summed E-state index contributed by atoms with van der Waals surface area (Å²) in [5.41, 5.74) is 2.86. The van der Waals surface area contributed by atoms with Crippen molar-refractivity contribution >= 4 is 0 Å². The summed E-state index contributed by atoms with van der Waals surface area (Å²) in [7, 11) is 2.21. The van der Waals surface area contributed by atoms with Crippen molar-refractivity contribution < 1.29 is 19.7 Å². The molecule has 0 aromatic heterocycles. The van der Waals surface area contributed by atoms with Crippen molar-refractivity contribution in [1.82, 2.24) is 9.80 Å². The number of hydrogen-bond donors (Lipinski definition) is 2. The standard InChI is InChI=1S/C35H40N2O4/c1-36(21-24-8-4-2-5-9-24)27-14-15-35(39)29-20-26-12-13-28(40-22-25-10-6-3-7-11-25)31-30(26)34(35,32(27)41-31)18-19-37(29)23-33(38)16-17-33/h2-13,27,29,32,38-39H,14-23H2,1H3/t27-,29+,32+,34+,35-/m1/s1. The monoisotopic (exact) mass is 552 g/mol. The minimum absolute atomic E-state index is 0.0260. The van der Waals surface area contributed by atoms with Gasteiger partial charge in [-0.2, -0.15) is 0 Å². The molecule has 2 N–H and O–H groups in total. The first-order chi connectivity index (χ1) is 19.9. The number of aliphatic hydroxyl groups is 2. The Kier molecular flexibility index (Phi) is 5.85. The van der Waals surface area contributed by atoms with Gasteiger partial charge in [0.1, 0.15) is 12.7 Å². The van der Waals surface area contributed by atoms with Crippen molar-refractivity contribution in [2.45, 2.75) is 86.5 Å². The van der Waals surface area contributed by atoms with Gasteiger partial charge >= 0.3 is 0 Å². The molecule has 6 nitrogen and oxygen atoms in total. The number of nitrogens with zero attached hydrogens (tertiary/aromatic N) is 2. The molecule has 6 heteroatoms. The Bertz CT molecular complexity index is 1440. The molecule has 0 amide bonds. The zero-order chi connectivity index (χ0) is 27.8. The van der Waals surface area contributed by atoms with Crippen LogP contribution in [0.15, 0.2) is 72.8 Å². The van der Waals surface area contributed by atoms with Crippen LogP contribution in [-0.4, -0.2) is 69.5 Å². The van der Waals surface area contributed by atoms with Gasteiger partial charge in [-0.15, -0.1) is 0 Å². The Hall–Kier alpha value is -2.90. The molecule has 1 spiro atoms. The van der Waals surface area contributed by atoms with Crippen LogP contribution < -0.4 is 9.47 Å². The fourth-order valence-electron chi connectivity index (χ4n) is 8.75. The summed E-state index contributed by atoms with van der Waals surface area (Å²) in [5, 5.41) is 23.8. The first kappa shape index (κ1) is 25.8. The molecule has 2 bridgehead atoms. The average Bonchev–Trinajstić information content (AvgIpc) is 3.60. The summed E-state index contributed by atoms with van der Waals surface area (Å²) in [4.78, 5) is 4.84. The van der Waals surface area contributed by atoms with E-state index in [9.17, 15) is 10.2 Å².